The predicted molar refractivity (Wildman–Crippen MR) is 80.9 cm³/mol. The Morgan fingerprint density at radius 1 is 1.45 bits per heavy atom. The highest BCUT2D eigenvalue weighted by molar-refractivity contribution is 5.90. The van der Waals surface area contributed by atoms with Gasteiger partial charge in [0.2, 0.25) is 5.91 Å². The lowest BCUT2D eigenvalue weighted by molar-refractivity contribution is -0.113. The second kappa shape index (κ2) is 7.38. The highest BCUT2D eigenvalue weighted by atomic mass is 16.5. The average molecular weight is 275 g/mol. The van der Waals surface area contributed by atoms with Crippen LogP contribution >= 0.6 is 0 Å². The van der Waals surface area contributed by atoms with E-state index in [-0.39, 0.29) is 6.10 Å². The molecule has 4 nitrogen and oxygen atoms in total. The predicted octanol–water partition coefficient (Wildman–Crippen LogP) is 2.71. The summed E-state index contributed by atoms with van der Waals surface area (Å²) in [5.41, 5.74) is 6.89. The van der Waals surface area contributed by atoms with Crippen molar-refractivity contribution in [3.8, 4) is 11.5 Å². The van der Waals surface area contributed by atoms with Crippen LogP contribution in [0.3, 0.4) is 0 Å². The third-order valence-corrected chi connectivity index (χ3v) is 2.53. The molecule has 0 bridgehead atoms. The lowest BCUT2D eigenvalue weighted by Crippen LogP contribution is -2.09. The van der Waals surface area contributed by atoms with Crippen molar-refractivity contribution in [3.05, 3.63) is 42.0 Å². The molecule has 0 fully saturated rings. The quantitative estimate of drug-likeness (QED) is 0.614. The van der Waals surface area contributed by atoms with Crippen LogP contribution < -0.4 is 15.2 Å². The van der Waals surface area contributed by atoms with Crippen molar-refractivity contribution in [1.82, 2.24) is 0 Å². The molecule has 1 amide bonds. The molecule has 0 saturated carbocycles. The summed E-state index contributed by atoms with van der Waals surface area (Å²) in [4.78, 5) is 10.8. The second-order valence-electron chi connectivity index (χ2n) is 4.61. The molecule has 0 unspecified atom stereocenters. The third kappa shape index (κ3) is 4.46. The zero-order chi connectivity index (χ0) is 15.1. The van der Waals surface area contributed by atoms with Crippen LogP contribution in [0.1, 0.15) is 25.0 Å². The third-order valence-electron chi connectivity index (χ3n) is 2.53. The monoisotopic (exact) mass is 275 g/mol. The van der Waals surface area contributed by atoms with Gasteiger partial charge >= 0.3 is 0 Å². The number of methoxy groups -OCH3 is 1. The number of carbonyl (C=O) groups is 1. The van der Waals surface area contributed by atoms with E-state index < -0.39 is 5.91 Å². The van der Waals surface area contributed by atoms with Gasteiger partial charge < -0.3 is 15.2 Å². The number of benzene rings is 1. The van der Waals surface area contributed by atoms with Gasteiger partial charge in [0.05, 0.1) is 13.2 Å². The molecule has 0 spiro atoms. The van der Waals surface area contributed by atoms with E-state index in [1.807, 2.05) is 26.0 Å². The molecule has 2 N–H and O–H groups in total. The summed E-state index contributed by atoms with van der Waals surface area (Å²) in [6, 6.07) is 3.74. The summed E-state index contributed by atoms with van der Waals surface area (Å²) < 4.78 is 11.2. The standard InChI is InChI=1S/C16H21NO3/c1-5-6-13-9-12(7-8-15(17)18)10-14(19-4)16(13)20-11(2)3/h5,7-11H,1,6H2,2-4H3,(H2,17,18)/b8-7-. The highest BCUT2D eigenvalue weighted by Gasteiger charge is 2.13. The molecule has 108 valence electrons. The summed E-state index contributed by atoms with van der Waals surface area (Å²) in [5.74, 6) is 0.845. The first-order chi connectivity index (χ1) is 9.47. The SMILES string of the molecule is C=CCc1cc(/C=C\C(N)=O)cc(OC)c1OC(C)C. The largest absolute Gasteiger partial charge is 0.493 e. The Labute approximate surface area is 119 Å². The molecule has 0 aliphatic heterocycles. The number of rotatable bonds is 7. The van der Waals surface area contributed by atoms with Crippen molar-refractivity contribution in [3.63, 3.8) is 0 Å². The van der Waals surface area contributed by atoms with Crippen molar-refractivity contribution in [2.75, 3.05) is 7.11 Å². The minimum Gasteiger partial charge on any atom is -0.493 e. The van der Waals surface area contributed by atoms with Crippen molar-refractivity contribution in [2.45, 2.75) is 26.4 Å². The van der Waals surface area contributed by atoms with E-state index in [2.05, 4.69) is 6.58 Å². The average Bonchev–Trinajstić information content (AvgIpc) is 2.38. The summed E-state index contributed by atoms with van der Waals surface area (Å²) >= 11 is 0. The molecule has 0 saturated heterocycles. The maximum Gasteiger partial charge on any atom is 0.241 e. The fourth-order valence-electron chi connectivity index (χ4n) is 1.79. The maximum absolute atomic E-state index is 10.8. The summed E-state index contributed by atoms with van der Waals surface area (Å²) in [5, 5.41) is 0. The van der Waals surface area contributed by atoms with Gasteiger partial charge in [-0.25, -0.2) is 0 Å². The van der Waals surface area contributed by atoms with Gasteiger partial charge in [0.15, 0.2) is 11.5 Å². The van der Waals surface area contributed by atoms with E-state index in [4.69, 9.17) is 15.2 Å². The van der Waals surface area contributed by atoms with Gasteiger partial charge in [-0.05, 0) is 44.0 Å². The molecule has 20 heavy (non-hydrogen) atoms. The molecule has 1 rings (SSSR count). The second-order valence-corrected chi connectivity index (χ2v) is 4.61. The number of hydrogen-bond acceptors (Lipinski definition) is 3. The first-order valence-electron chi connectivity index (χ1n) is 6.44. The number of ether oxygens (including phenoxy) is 2. The van der Waals surface area contributed by atoms with Crippen LogP contribution in [0.25, 0.3) is 6.08 Å². The van der Waals surface area contributed by atoms with E-state index in [1.54, 1.807) is 19.3 Å². The Morgan fingerprint density at radius 3 is 2.65 bits per heavy atom. The molecule has 0 aliphatic carbocycles. The Bertz CT molecular complexity index is 519. The van der Waals surface area contributed by atoms with Crippen molar-refractivity contribution >= 4 is 12.0 Å². The molecule has 4 heteroatoms. The van der Waals surface area contributed by atoms with E-state index in [1.165, 1.54) is 6.08 Å². The van der Waals surface area contributed by atoms with Gasteiger partial charge in [0.25, 0.3) is 0 Å². The van der Waals surface area contributed by atoms with Gasteiger partial charge in [0, 0.05) is 11.6 Å². The fraction of sp³-hybridized carbons (Fsp3) is 0.312. The lowest BCUT2D eigenvalue weighted by atomic mass is 10.0. The number of amides is 1. The molecule has 0 aromatic heterocycles. The van der Waals surface area contributed by atoms with Crippen LogP contribution in [-0.4, -0.2) is 19.1 Å². The smallest absolute Gasteiger partial charge is 0.241 e. The van der Waals surface area contributed by atoms with Crippen molar-refractivity contribution in [1.29, 1.82) is 0 Å². The maximum atomic E-state index is 10.8. The van der Waals surface area contributed by atoms with Crippen LogP contribution in [0, 0.1) is 0 Å². The minimum atomic E-state index is -0.489. The Kier molecular flexibility index (Phi) is 5.84. The van der Waals surface area contributed by atoms with Crippen molar-refractivity contribution < 1.29 is 14.3 Å². The fourth-order valence-corrected chi connectivity index (χ4v) is 1.79. The van der Waals surface area contributed by atoms with Crippen LogP contribution in [0.5, 0.6) is 11.5 Å². The van der Waals surface area contributed by atoms with Crippen LogP contribution in [-0.2, 0) is 11.2 Å². The number of primary amides is 1. The van der Waals surface area contributed by atoms with Crippen molar-refractivity contribution in [2.24, 2.45) is 5.73 Å². The summed E-state index contributed by atoms with van der Waals surface area (Å²) in [6.45, 7) is 7.66. The molecular formula is C16H21NO3. The Hall–Kier alpha value is -2.23. The molecule has 0 aliphatic rings. The molecule has 1 aromatic rings. The first kappa shape index (κ1) is 15.8. The Morgan fingerprint density at radius 2 is 2.15 bits per heavy atom. The molecule has 0 radical (unpaired) electrons. The summed E-state index contributed by atoms with van der Waals surface area (Å²) in [7, 11) is 1.59. The van der Waals surface area contributed by atoms with Gasteiger partial charge in [-0.1, -0.05) is 6.08 Å². The lowest BCUT2D eigenvalue weighted by Gasteiger charge is -2.18. The molecular weight excluding hydrogens is 254 g/mol. The zero-order valence-electron chi connectivity index (χ0n) is 12.2. The number of carbonyl (C=O) groups excluding carboxylic acids is 1. The van der Waals surface area contributed by atoms with Crippen LogP contribution in [0.15, 0.2) is 30.9 Å². The van der Waals surface area contributed by atoms with Gasteiger partial charge in [0.1, 0.15) is 0 Å². The van der Waals surface area contributed by atoms with Gasteiger partial charge in [-0.15, -0.1) is 6.58 Å². The topological polar surface area (TPSA) is 61.6 Å². The number of allylic oxidation sites excluding steroid dienone is 1. The Balaban J connectivity index is 3.29. The molecule has 0 heterocycles. The summed E-state index contributed by atoms with van der Waals surface area (Å²) in [6.07, 6.45) is 5.45. The normalized spacial score (nSPS) is 10.8. The van der Waals surface area contributed by atoms with Crippen LogP contribution in [0.4, 0.5) is 0 Å². The van der Waals surface area contributed by atoms with Gasteiger partial charge in [-0.2, -0.15) is 0 Å². The van der Waals surface area contributed by atoms with Crippen LogP contribution in [0.2, 0.25) is 0 Å². The number of nitrogens with two attached hydrogens (primary N) is 1. The minimum absolute atomic E-state index is 0.0412. The van der Waals surface area contributed by atoms with E-state index >= 15 is 0 Å². The van der Waals surface area contributed by atoms with Gasteiger partial charge in [-0.3, -0.25) is 4.79 Å². The van der Waals surface area contributed by atoms with E-state index in [0.29, 0.717) is 17.9 Å². The zero-order valence-corrected chi connectivity index (χ0v) is 12.2. The number of hydrogen-bond donors (Lipinski definition) is 1. The molecule has 0 atom stereocenters. The van der Waals surface area contributed by atoms with E-state index in [9.17, 15) is 4.79 Å². The highest BCUT2D eigenvalue weighted by Crippen LogP contribution is 2.34. The first-order valence-corrected chi connectivity index (χ1v) is 6.44. The van der Waals surface area contributed by atoms with E-state index in [0.717, 1.165) is 11.1 Å². The molecule has 1 aromatic carbocycles.